The number of aromatic amines is 1. The second-order valence-corrected chi connectivity index (χ2v) is 4.78. The van der Waals surface area contributed by atoms with Crippen LogP contribution in [0.25, 0.3) is 11.0 Å². The summed E-state index contributed by atoms with van der Waals surface area (Å²) in [5.41, 5.74) is 2.30. The van der Waals surface area contributed by atoms with E-state index in [1.165, 1.54) is 0 Å². The van der Waals surface area contributed by atoms with Gasteiger partial charge >= 0.3 is 0 Å². The zero-order valence-corrected chi connectivity index (χ0v) is 10.3. The molecule has 1 aliphatic rings. The number of aliphatic hydroxyl groups excluding tert-OH is 1. The minimum atomic E-state index is -0.107. The summed E-state index contributed by atoms with van der Waals surface area (Å²) >= 11 is 0. The first-order valence-electron chi connectivity index (χ1n) is 6.29. The minimum Gasteiger partial charge on any atom is -0.396 e. The van der Waals surface area contributed by atoms with E-state index >= 15 is 0 Å². The van der Waals surface area contributed by atoms with Crippen molar-refractivity contribution < 1.29 is 9.90 Å². The van der Waals surface area contributed by atoms with Gasteiger partial charge in [-0.2, -0.15) is 0 Å². The van der Waals surface area contributed by atoms with Crippen molar-refractivity contribution in [3.05, 3.63) is 42.2 Å². The number of amides is 1. The predicted octanol–water partition coefficient (Wildman–Crippen LogP) is 1.23. The molecule has 1 amide bonds. The molecule has 2 atom stereocenters. The van der Waals surface area contributed by atoms with Gasteiger partial charge in [-0.15, -0.1) is 0 Å². The Kier molecular flexibility index (Phi) is 3.05. The molecule has 1 aromatic carbocycles. The summed E-state index contributed by atoms with van der Waals surface area (Å²) in [5, 5.41) is 12.0. The van der Waals surface area contributed by atoms with Gasteiger partial charge in [0.15, 0.2) is 0 Å². The number of rotatable bonds is 3. The van der Waals surface area contributed by atoms with E-state index in [-0.39, 0.29) is 24.5 Å². The molecule has 1 aliphatic carbocycles. The number of nitrogens with one attached hydrogen (secondary N) is 2. The highest BCUT2D eigenvalue weighted by Gasteiger charge is 2.20. The molecule has 19 heavy (non-hydrogen) atoms. The maximum atomic E-state index is 12.1. The topological polar surface area (TPSA) is 78.0 Å². The quantitative estimate of drug-likeness (QED) is 0.724. The lowest BCUT2D eigenvalue weighted by Crippen LogP contribution is -2.32. The normalized spacial score (nSPS) is 21.9. The minimum absolute atomic E-state index is 0.00196. The van der Waals surface area contributed by atoms with Crippen LogP contribution in [0.4, 0.5) is 0 Å². The SMILES string of the molecule is O=C(N[C@@H]1C=C[C@H](CO)C1)c1ccc2nc[nH]c2c1. The summed E-state index contributed by atoms with van der Waals surface area (Å²) in [5.74, 6) is 0.0464. The summed E-state index contributed by atoms with van der Waals surface area (Å²) in [6.07, 6.45) is 6.25. The van der Waals surface area contributed by atoms with Crippen LogP contribution < -0.4 is 5.32 Å². The van der Waals surface area contributed by atoms with Crippen LogP contribution in [0.2, 0.25) is 0 Å². The van der Waals surface area contributed by atoms with E-state index < -0.39 is 0 Å². The Balaban J connectivity index is 1.72. The lowest BCUT2D eigenvalue weighted by Gasteiger charge is -2.12. The first-order chi connectivity index (χ1) is 9.26. The lowest BCUT2D eigenvalue weighted by atomic mass is 10.1. The Morgan fingerprint density at radius 2 is 2.37 bits per heavy atom. The van der Waals surface area contributed by atoms with Crippen LogP contribution in [0.3, 0.4) is 0 Å². The standard InChI is InChI=1S/C14H15N3O2/c18-7-9-1-3-11(5-9)17-14(19)10-2-4-12-13(6-10)16-8-15-12/h1-4,6,8-9,11,18H,5,7H2,(H,15,16)(H,17,19)/t9-,11+/m0/s1. The molecule has 5 heteroatoms. The van der Waals surface area contributed by atoms with Gasteiger partial charge < -0.3 is 15.4 Å². The van der Waals surface area contributed by atoms with Crippen molar-refractivity contribution in [1.82, 2.24) is 15.3 Å². The molecule has 1 heterocycles. The van der Waals surface area contributed by atoms with E-state index in [4.69, 9.17) is 5.11 Å². The maximum absolute atomic E-state index is 12.1. The molecule has 0 fully saturated rings. The number of carbonyl (C=O) groups excluding carboxylic acids is 1. The molecule has 3 rings (SSSR count). The Labute approximate surface area is 110 Å². The second-order valence-electron chi connectivity index (χ2n) is 4.78. The lowest BCUT2D eigenvalue weighted by molar-refractivity contribution is 0.0941. The van der Waals surface area contributed by atoms with E-state index in [1.807, 2.05) is 18.2 Å². The summed E-state index contributed by atoms with van der Waals surface area (Å²) < 4.78 is 0. The second kappa shape index (κ2) is 4.85. The van der Waals surface area contributed by atoms with Gasteiger partial charge in [0, 0.05) is 24.1 Å². The third kappa shape index (κ3) is 2.37. The fourth-order valence-corrected chi connectivity index (χ4v) is 2.35. The van der Waals surface area contributed by atoms with E-state index in [0.29, 0.717) is 5.56 Å². The van der Waals surface area contributed by atoms with Crippen LogP contribution in [0, 0.1) is 5.92 Å². The molecule has 0 unspecified atom stereocenters. The molecular formula is C14H15N3O2. The molecule has 0 bridgehead atoms. The number of carbonyl (C=O) groups is 1. The van der Waals surface area contributed by atoms with Crippen molar-refractivity contribution in [2.75, 3.05) is 6.61 Å². The van der Waals surface area contributed by atoms with Crippen LogP contribution in [-0.4, -0.2) is 33.6 Å². The smallest absolute Gasteiger partial charge is 0.251 e. The predicted molar refractivity (Wildman–Crippen MR) is 71.7 cm³/mol. The number of aromatic nitrogens is 2. The van der Waals surface area contributed by atoms with Gasteiger partial charge in [-0.3, -0.25) is 4.79 Å². The number of aliphatic hydroxyl groups is 1. The maximum Gasteiger partial charge on any atom is 0.251 e. The van der Waals surface area contributed by atoms with Crippen LogP contribution in [0.5, 0.6) is 0 Å². The molecule has 0 radical (unpaired) electrons. The van der Waals surface area contributed by atoms with Crippen molar-refractivity contribution in [3.8, 4) is 0 Å². The van der Waals surface area contributed by atoms with E-state index in [2.05, 4.69) is 15.3 Å². The third-order valence-electron chi connectivity index (χ3n) is 3.41. The highest BCUT2D eigenvalue weighted by molar-refractivity contribution is 5.97. The van der Waals surface area contributed by atoms with Gasteiger partial charge in [0.05, 0.1) is 17.4 Å². The average Bonchev–Trinajstić information content (AvgIpc) is 3.05. The number of hydrogen-bond acceptors (Lipinski definition) is 3. The summed E-state index contributed by atoms with van der Waals surface area (Å²) in [4.78, 5) is 19.2. The van der Waals surface area contributed by atoms with Gasteiger partial charge in [-0.05, 0) is 24.6 Å². The highest BCUT2D eigenvalue weighted by Crippen LogP contribution is 2.18. The first-order valence-corrected chi connectivity index (χ1v) is 6.29. The molecule has 5 nitrogen and oxygen atoms in total. The molecule has 1 aromatic heterocycles. The molecule has 2 aromatic rings. The van der Waals surface area contributed by atoms with Gasteiger partial charge in [0.1, 0.15) is 0 Å². The fraction of sp³-hybridized carbons (Fsp3) is 0.286. The number of benzene rings is 1. The van der Waals surface area contributed by atoms with Crippen LogP contribution in [-0.2, 0) is 0 Å². The molecular weight excluding hydrogens is 242 g/mol. The van der Waals surface area contributed by atoms with Crippen molar-refractivity contribution in [2.24, 2.45) is 5.92 Å². The van der Waals surface area contributed by atoms with Gasteiger partial charge in [-0.1, -0.05) is 12.2 Å². The average molecular weight is 257 g/mol. The largest absolute Gasteiger partial charge is 0.396 e. The summed E-state index contributed by atoms with van der Waals surface area (Å²) in [6.45, 7) is 0.128. The highest BCUT2D eigenvalue weighted by atomic mass is 16.3. The monoisotopic (exact) mass is 257 g/mol. The van der Waals surface area contributed by atoms with E-state index in [1.54, 1.807) is 18.5 Å². The number of H-pyrrole nitrogens is 1. The molecule has 0 aliphatic heterocycles. The first kappa shape index (κ1) is 11.9. The fourth-order valence-electron chi connectivity index (χ4n) is 2.35. The summed E-state index contributed by atoms with van der Waals surface area (Å²) in [7, 11) is 0. The van der Waals surface area contributed by atoms with Crippen molar-refractivity contribution in [1.29, 1.82) is 0 Å². The Bertz CT molecular complexity index is 632. The number of fused-ring (bicyclic) bond motifs is 1. The van der Waals surface area contributed by atoms with Crippen LogP contribution in [0.1, 0.15) is 16.8 Å². The third-order valence-corrected chi connectivity index (χ3v) is 3.41. The molecule has 0 saturated carbocycles. The number of imidazole rings is 1. The zero-order chi connectivity index (χ0) is 13.2. The Hall–Kier alpha value is -2.14. The van der Waals surface area contributed by atoms with Crippen LogP contribution >= 0.6 is 0 Å². The molecule has 98 valence electrons. The number of nitrogens with zero attached hydrogens (tertiary/aromatic N) is 1. The molecule has 0 saturated heterocycles. The van der Waals surface area contributed by atoms with Gasteiger partial charge in [-0.25, -0.2) is 4.98 Å². The van der Waals surface area contributed by atoms with Crippen molar-refractivity contribution in [2.45, 2.75) is 12.5 Å². The zero-order valence-electron chi connectivity index (χ0n) is 10.3. The number of hydrogen-bond donors (Lipinski definition) is 3. The van der Waals surface area contributed by atoms with Gasteiger partial charge in [0.2, 0.25) is 0 Å². The van der Waals surface area contributed by atoms with Crippen LogP contribution in [0.15, 0.2) is 36.7 Å². The van der Waals surface area contributed by atoms with Crippen molar-refractivity contribution in [3.63, 3.8) is 0 Å². The molecule has 0 spiro atoms. The van der Waals surface area contributed by atoms with Crippen molar-refractivity contribution >= 4 is 16.9 Å². The molecule has 3 N–H and O–H groups in total. The van der Waals surface area contributed by atoms with E-state index in [0.717, 1.165) is 17.5 Å². The Morgan fingerprint density at radius 3 is 3.16 bits per heavy atom. The van der Waals surface area contributed by atoms with E-state index in [9.17, 15) is 4.79 Å². The van der Waals surface area contributed by atoms with Gasteiger partial charge in [0.25, 0.3) is 5.91 Å². The Morgan fingerprint density at radius 1 is 1.47 bits per heavy atom. The summed E-state index contributed by atoms with van der Waals surface area (Å²) in [6, 6.07) is 5.38.